The Morgan fingerprint density at radius 1 is 1.16 bits per heavy atom. The van der Waals surface area contributed by atoms with Crippen LogP contribution in [0, 0.1) is 5.92 Å². The number of halogens is 1. The first-order valence-electron chi connectivity index (χ1n) is 10.7. The van der Waals surface area contributed by atoms with Crippen molar-refractivity contribution in [1.29, 1.82) is 0 Å². The third-order valence-corrected chi connectivity index (χ3v) is 8.83. The third-order valence-electron chi connectivity index (χ3n) is 5.79. The molecule has 2 heterocycles. The van der Waals surface area contributed by atoms with Gasteiger partial charge in [0.15, 0.2) is 0 Å². The van der Waals surface area contributed by atoms with E-state index in [-0.39, 0.29) is 35.7 Å². The Balaban J connectivity index is 1.74. The number of hydrogen-bond acceptors (Lipinski definition) is 5. The van der Waals surface area contributed by atoms with Gasteiger partial charge in [-0.1, -0.05) is 17.7 Å². The predicted octanol–water partition coefficient (Wildman–Crippen LogP) is 3.47. The van der Waals surface area contributed by atoms with Gasteiger partial charge in [-0.15, -0.1) is 11.3 Å². The van der Waals surface area contributed by atoms with Crippen molar-refractivity contribution in [2.45, 2.75) is 37.6 Å². The quantitative estimate of drug-likeness (QED) is 0.605. The van der Waals surface area contributed by atoms with Crippen molar-refractivity contribution in [3.05, 3.63) is 51.7 Å². The highest BCUT2D eigenvalue weighted by Gasteiger charge is 2.37. The van der Waals surface area contributed by atoms with Gasteiger partial charge in [0.25, 0.3) is 5.91 Å². The molecular weight excluding hydrogens is 470 g/mol. The molecule has 1 unspecified atom stereocenters. The molecule has 0 radical (unpaired) electrons. The molecule has 1 aromatic heterocycles. The van der Waals surface area contributed by atoms with Gasteiger partial charge in [0, 0.05) is 31.2 Å². The minimum absolute atomic E-state index is 0.126. The minimum atomic E-state index is -3.64. The summed E-state index contributed by atoms with van der Waals surface area (Å²) in [5.41, 5.74) is 0. The Bertz CT molecular complexity index is 1010. The van der Waals surface area contributed by atoms with Crippen LogP contribution < -0.4 is 5.32 Å². The van der Waals surface area contributed by atoms with Crippen LogP contribution in [-0.2, 0) is 14.8 Å². The van der Waals surface area contributed by atoms with Crippen LogP contribution in [0.2, 0.25) is 5.02 Å². The zero-order valence-electron chi connectivity index (χ0n) is 18.2. The number of thiophene rings is 1. The summed E-state index contributed by atoms with van der Waals surface area (Å²) in [6.07, 6.45) is 0.963. The number of sulfonamides is 1. The van der Waals surface area contributed by atoms with Crippen LogP contribution in [0.3, 0.4) is 0 Å². The zero-order chi connectivity index (χ0) is 23.3. The van der Waals surface area contributed by atoms with Crippen LogP contribution >= 0.6 is 22.9 Å². The number of nitrogens with one attached hydrogen (secondary N) is 1. The van der Waals surface area contributed by atoms with Gasteiger partial charge in [0.05, 0.1) is 9.77 Å². The molecule has 1 atom stereocenters. The molecule has 1 N–H and O–H groups in total. The van der Waals surface area contributed by atoms with Crippen LogP contribution in [0.15, 0.2) is 46.7 Å². The second-order valence-corrected chi connectivity index (χ2v) is 11.0. The topological polar surface area (TPSA) is 86.8 Å². The van der Waals surface area contributed by atoms with Crippen LogP contribution in [-0.4, -0.2) is 61.7 Å². The molecule has 0 saturated carbocycles. The summed E-state index contributed by atoms with van der Waals surface area (Å²) in [4.78, 5) is 28.4. The summed E-state index contributed by atoms with van der Waals surface area (Å²) < 4.78 is 27.4. The number of benzene rings is 1. The SMILES string of the molecule is CCN(CC)C(=O)C(NC(=O)c1cccs1)C1CCN(S(=O)(=O)c2ccc(Cl)cc2)CC1. The van der Waals surface area contributed by atoms with Crippen LogP contribution in [0.5, 0.6) is 0 Å². The zero-order valence-corrected chi connectivity index (χ0v) is 20.5. The van der Waals surface area contributed by atoms with Crippen LogP contribution in [0.1, 0.15) is 36.4 Å². The normalized spacial score (nSPS) is 16.5. The lowest BCUT2D eigenvalue weighted by Gasteiger charge is -2.36. The number of carbonyl (C=O) groups excluding carboxylic acids is 2. The second-order valence-electron chi connectivity index (χ2n) is 7.63. The summed E-state index contributed by atoms with van der Waals surface area (Å²) in [7, 11) is -3.64. The Morgan fingerprint density at radius 2 is 1.78 bits per heavy atom. The van der Waals surface area contributed by atoms with Gasteiger partial charge in [-0.2, -0.15) is 4.31 Å². The summed E-state index contributed by atoms with van der Waals surface area (Å²) in [5.74, 6) is -0.552. The maximum absolute atomic E-state index is 13.2. The van der Waals surface area contributed by atoms with Crippen LogP contribution in [0.25, 0.3) is 0 Å². The number of hydrogen-bond donors (Lipinski definition) is 1. The standard InChI is InChI=1S/C22H28ClN3O4S2/c1-3-25(4-2)22(28)20(24-21(27)19-6-5-15-31-19)16-11-13-26(14-12-16)32(29,30)18-9-7-17(23)8-10-18/h5-10,15-16,20H,3-4,11-14H2,1-2H3,(H,24,27). The summed E-state index contributed by atoms with van der Waals surface area (Å²) >= 11 is 7.20. The fourth-order valence-corrected chi connectivity index (χ4v) is 6.16. The van der Waals surface area contributed by atoms with E-state index in [1.165, 1.54) is 27.8 Å². The van der Waals surface area contributed by atoms with E-state index >= 15 is 0 Å². The lowest BCUT2D eigenvalue weighted by molar-refractivity contribution is -0.134. The Labute approximate surface area is 198 Å². The molecule has 10 heteroatoms. The monoisotopic (exact) mass is 497 g/mol. The summed E-state index contributed by atoms with van der Waals surface area (Å²) in [5, 5.41) is 5.22. The molecule has 1 aliphatic heterocycles. The lowest BCUT2D eigenvalue weighted by Crippen LogP contribution is -2.54. The molecule has 174 valence electrons. The van der Waals surface area contributed by atoms with E-state index in [2.05, 4.69) is 5.32 Å². The number of piperidine rings is 1. The maximum atomic E-state index is 13.2. The Morgan fingerprint density at radius 3 is 2.31 bits per heavy atom. The Kier molecular flexibility index (Phi) is 8.32. The molecule has 0 bridgehead atoms. The van der Waals surface area contributed by atoms with Gasteiger partial charge in [-0.25, -0.2) is 8.42 Å². The number of likely N-dealkylation sites (N-methyl/N-ethyl adjacent to an activating group) is 1. The molecule has 32 heavy (non-hydrogen) atoms. The van der Waals surface area contributed by atoms with Crippen molar-refractivity contribution in [2.24, 2.45) is 5.92 Å². The predicted molar refractivity (Wildman–Crippen MR) is 126 cm³/mol. The number of rotatable bonds is 8. The first kappa shape index (κ1) is 24.7. The van der Waals surface area contributed by atoms with E-state index in [1.807, 2.05) is 19.2 Å². The molecule has 2 aromatic rings. The molecule has 1 saturated heterocycles. The average Bonchev–Trinajstić information content (AvgIpc) is 3.34. The van der Waals surface area contributed by atoms with E-state index < -0.39 is 16.1 Å². The molecule has 0 aliphatic carbocycles. The van der Waals surface area contributed by atoms with E-state index in [0.717, 1.165) is 0 Å². The fourth-order valence-electron chi connectivity index (χ4n) is 3.94. The van der Waals surface area contributed by atoms with E-state index in [9.17, 15) is 18.0 Å². The summed E-state index contributed by atoms with van der Waals surface area (Å²) in [6.45, 7) is 5.47. The number of amides is 2. The van der Waals surface area contributed by atoms with Crippen molar-refractivity contribution in [2.75, 3.05) is 26.2 Å². The third kappa shape index (κ3) is 5.51. The van der Waals surface area contributed by atoms with E-state index in [1.54, 1.807) is 29.2 Å². The molecule has 1 aliphatic rings. The van der Waals surface area contributed by atoms with Crippen LogP contribution in [0.4, 0.5) is 0 Å². The highest BCUT2D eigenvalue weighted by molar-refractivity contribution is 7.89. The Hall–Kier alpha value is -1.94. The van der Waals surface area contributed by atoms with Gasteiger partial charge >= 0.3 is 0 Å². The second kappa shape index (κ2) is 10.8. The first-order valence-corrected chi connectivity index (χ1v) is 13.4. The van der Waals surface area contributed by atoms with Crippen molar-refractivity contribution in [3.63, 3.8) is 0 Å². The summed E-state index contributed by atoms with van der Waals surface area (Å²) in [6, 6.07) is 8.93. The molecular formula is C22H28ClN3O4S2. The van der Waals surface area contributed by atoms with Crippen molar-refractivity contribution < 1.29 is 18.0 Å². The molecule has 1 aromatic carbocycles. The maximum Gasteiger partial charge on any atom is 0.262 e. The molecule has 3 rings (SSSR count). The van der Waals surface area contributed by atoms with Crippen molar-refractivity contribution >= 4 is 44.8 Å². The van der Waals surface area contributed by atoms with Crippen molar-refractivity contribution in [1.82, 2.24) is 14.5 Å². The molecule has 0 spiro atoms. The fraction of sp³-hybridized carbons (Fsp3) is 0.455. The van der Waals surface area contributed by atoms with Crippen molar-refractivity contribution in [3.8, 4) is 0 Å². The number of nitrogens with zero attached hydrogens (tertiary/aromatic N) is 2. The van der Waals surface area contributed by atoms with E-state index in [4.69, 9.17) is 11.6 Å². The smallest absolute Gasteiger partial charge is 0.262 e. The van der Waals surface area contributed by atoms with Gasteiger partial charge in [0.2, 0.25) is 15.9 Å². The highest BCUT2D eigenvalue weighted by atomic mass is 35.5. The molecule has 1 fully saturated rings. The minimum Gasteiger partial charge on any atom is -0.341 e. The van der Waals surface area contributed by atoms with Gasteiger partial charge < -0.3 is 10.2 Å². The van der Waals surface area contributed by atoms with Gasteiger partial charge in [-0.05, 0) is 68.3 Å². The van der Waals surface area contributed by atoms with Gasteiger partial charge in [0.1, 0.15) is 6.04 Å². The van der Waals surface area contributed by atoms with E-state index in [0.29, 0.717) is 35.8 Å². The average molecular weight is 498 g/mol. The molecule has 2 amide bonds. The number of carbonyl (C=O) groups is 2. The largest absolute Gasteiger partial charge is 0.341 e. The lowest BCUT2D eigenvalue weighted by atomic mass is 9.89. The highest BCUT2D eigenvalue weighted by Crippen LogP contribution is 2.27. The van der Waals surface area contributed by atoms with Gasteiger partial charge in [-0.3, -0.25) is 9.59 Å². The first-order chi connectivity index (χ1) is 15.3. The molecule has 7 nitrogen and oxygen atoms in total.